The summed E-state index contributed by atoms with van der Waals surface area (Å²) in [6.07, 6.45) is 2.03. The molecule has 10 aromatic rings. The van der Waals surface area contributed by atoms with Crippen molar-refractivity contribution in [2.45, 2.75) is 0 Å². The van der Waals surface area contributed by atoms with Crippen molar-refractivity contribution < 1.29 is 0 Å². The average Bonchev–Trinajstić information content (AvgIpc) is 3.52. The van der Waals surface area contributed by atoms with Crippen LogP contribution < -0.4 is 0 Å². The van der Waals surface area contributed by atoms with E-state index in [1.165, 1.54) is 77.0 Å². The fraction of sp³-hybridized carbons (Fsp3) is 0. The first-order valence-electron chi connectivity index (χ1n) is 16.8. The number of fused-ring (bicyclic) bond motifs is 7. The van der Waals surface area contributed by atoms with Crippen LogP contribution in [-0.2, 0) is 0 Å². The van der Waals surface area contributed by atoms with Gasteiger partial charge in [0.1, 0.15) is 0 Å². The molecule has 0 saturated heterocycles. The van der Waals surface area contributed by atoms with Gasteiger partial charge in [0.25, 0.3) is 0 Å². The van der Waals surface area contributed by atoms with E-state index >= 15 is 0 Å². The maximum absolute atomic E-state index is 4.88. The molecule has 0 fully saturated rings. The Morgan fingerprint density at radius 3 is 1.51 bits per heavy atom. The summed E-state index contributed by atoms with van der Waals surface area (Å²) < 4.78 is 2.36. The lowest BCUT2D eigenvalue weighted by molar-refractivity contribution is 1.27. The van der Waals surface area contributed by atoms with E-state index in [1.807, 2.05) is 6.20 Å². The van der Waals surface area contributed by atoms with Gasteiger partial charge in [0.15, 0.2) is 0 Å². The van der Waals surface area contributed by atoms with Crippen LogP contribution in [0.15, 0.2) is 182 Å². The number of para-hydroxylation sites is 3. The molecule has 0 unspecified atom stereocenters. The van der Waals surface area contributed by atoms with Crippen molar-refractivity contribution in [1.29, 1.82) is 0 Å². The third-order valence-corrected chi connectivity index (χ3v) is 9.94. The van der Waals surface area contributed by atoms with Crippen molar-refractivity contribution in [2.75, 3.05) is 0 Å². The van der Waals surface area contributed by atoms with E-state index in [1.54, 1.807) is 0 Å². The summed E-state index contributed by atoms with van der Waals surface area (Å²) in [6, 6.07) is 63.9. The van der Waals surface area contributed by atoms with E-state index in [0.29, 0.717) is 0 Å². The van der Waals surface area contributed by atoms with Crippen LogP contribution in [0.3, 0.4) is 0 Å². The zero-order valence-corrected chi connectivity index (χ0v) is 26.7. The van der Waals surface area contributed by atoms with Crippen LogP contribution >= 0.6 is 0 Å². The summed E-state index contributed by atoms with van der Waals surface area (Å²) in [6.45, 7) is 0. The zero-order valence-electron chi connectivity index (χ0n) is 26.7. The molecule has 228 valence electrons. The van der Waals surface area contributed by atoms with Crippen LogP contribution in [-0.4, -0.2) is 9.38 Å². The van der Waals surface area contributed by atoms with Crippen LogP contribution in [0.2, 0.25) is 0 Å². The number of rotatable bonds is 4. The molecule has 0 radical (unpaired) electrons. The molecule has 0 amide bonds. The van der Waals surface area contributed by atoms with Crippen molar-refractivity contribution in [1.82, 2.24) is 9.38 Å². The highest BCUT2D eigenvalue weighted by molar-refractivity contribution is 6.08. The lowest BCUT2D eigenvalue weighted by Gasteiger charge is -2.13. The Morgan fingerprint density at radius 1 is 0.327 bits per heavy atom. The molecule has 0 saturated carbocycles. The van der Waals surface area contributed by atoms with Gasteiger partial charge in [0.05, 0.1) is 28.3 Å². The van der Waals surface area contributed by atoms with Gasteiger partial charge in [-0.05, 0) is 115 Å². The number of aromatic nitrogens is 2. The molecular formula is C47H30N2. The zero-order chi connectivity index (χ0) is 32.3. The Balaban J connectivity index is 1.19. The third kappa shape index (κ3) is 4.61. The van der Waals surface area contributed by atoms with Crippen LogP contribution in [0.4, 0.5) is 0 Å². The first-order chi connectivity index (χ1) is 24.3. The Kier molecular flexibility index (Phi) is 6.22. The van der Waals surface area contributed by atoms with Crippen LogP contribution in [0, 0.1) is 0 Å². The largest absolute Gasteiger partial charge is 0.306 e. The highest BCUT2D eigenvalue weighted by Gasteiger charge is 2.17. The number of nitrogens with zero attached hydrogens (tertiary/aromatic N) is 2. The monoisotopic (exact) mass is 622 g/mol. The van der Waals surface area contributed by atoms with E-state index in [9.17, 15) is 0 Å². The van der Waals surface area contributed by atoms with E-state index < -0.39 is 0 Å². The standard InChI is InChI=1S/C47H30N2/c1-3-12-33-24-36(22-20-31(33)10-1)40-27-39(28-41(29-40)37-23-21-32-11-2-4-13-34(32)25-37)35-14-9-15-38(26-35)47-42-16-5-7-18-44(42)49-45-19-8-6-17-43(45)48-30-46(47)49/h1-30H. The minimum Gasteiger partial charge on any atom is -0.306 e. The fourth-order valence-electron chi connectivity index (χ4n) is 7.56. The van der Waals surface area contributed by atoms with Crippen molar-refractivity contribution in [3.63, 3.8) is 0 Å². The van der Waals surface area contributed by atoms with Crippen molar-refractivity contribution in [3.8, 4) is 44.5 Å². The smallest absolute Gasteiger partial charge is 0.0871 e. The summed E-state index contributed by atoms with van der Waals surface area (Å²) in [5, 5.41) is 6.21. The Morgan fingerprint density at radius 2 is 0.837 bits per heavy atom. The van der Waals surface area contributed by atoms with Gasteiger partial charge in [-0.2, -0.15) is 0 Å². The quantitative estimate of drug-likeness (QED) is 0.191. The highest BCUT2D eigenvalue weighted by atomic mass is 14.9. The molecule has 10 rings (SSSR count). The van der Waals surface area contributed by atoms with Crippen LogP contribution in [0.25, 0.3) is 93.5 Å². The molecule has 2 heteroatoms. The lowest BCUT2D eigenvalue weighted by atomic mass is 9.91. The van der Waals surface area contributed by atoms with Gasteiger partial charge in [0.2, 0.25) is 0 Å². The van der Waals surface area contributed by atoms with Crippen molar-refractivity contribution >= 4 is 49.0 Å². The topological polar surface area (TPSA) is 17.3 Å². The number of hydrogen-bond acceptors (Lipinski definition) is 1. The molecule has 2 aromatic heterocycles. The van der Waals surface area contributed by atoms with Crippen molar-refractivity contribution in [3.05, 3.63) is 182 Å². The van der Waals surface area contributed by atoms with Gasteiger partial charge in [-0.15, -0.1) is 0 Å². The first-order valence-corrected chi connectivity index (χ1v) is 16.8. The molecule has 0 N–H and O–H groups in total. The highest BCUT2D eigenvalue weighted by Crippen LogP contribution is 2.40. The minimum atomic E-state index is 0.989. The molecule has 0 aliphatic rings. The Bertz CT molecular complexity index is 2800. The van der Waals surface area contributed by atoms with E-state index in [0.717, 1.165) is 16.6 Å². The van der Waals surface area contributed by atoms with Crippen LogP contribution in [0.1, 0.15) is 0 Å². The first kappa shape index (κ1) is 27.6. The van der Waals surface area contributed by atoms with Gasteiger partial charge in [-0.25, -0.2) is 0 Å². The average molecular weight is 623 g/mol. The summed E-state index contributed by atoms with van der Waals surface area (Å²) >= 11 is 0. The molecule has 8 aromatic carbocycles. The van der Waals surface area contributed by atoms with Gasteiger partial charge >= 0.3 is 0 Å². The molecule has 0 atom stereocenters. The predicted octanol–water partition coefficient (Wildman–Crippen LogP) is 12.6. The summed E-state index contributed by atoms with van der Waals surface area (Å²) in [5.74, 6) is 0. The van der Waals surface area contributed by atoms with Gasteiger partial charge in [-0.3, -0.25) is 4.98 Å². The molecule has 49 heavy (non-hydrogen) atoms. The van der Waals surface area contributed by atoms with E-state index in [-0.39, 0.29) is 0 Å². The molecular weight excluding hydrogens is 593 g/mol. The molecule has 0 spiro atoms. The SMILES string of the molecule is c1cc(-c2cc(-c3ccc4ccccc4c3)cc(-c3ccc4ccccc4c3)c2)cc(-c2c3ccccc3n3c2cnc2ccccc23)c1. The second kappa shape index (κ2) is 11.0. The Labute approximate surface area is 284 Å². The van der Waals surface area contributed by atoms with Gasteiger partial charge < -0.3 is 4.40 Å². The predicted molar refractivity (Wildman–Crippen MR) is 207 cm³/mol. The molecule has 0 aliphatic carbocycles. The fourth-order valence-corrected chi connectivity index (χ4v) is 7.56. The summed E-state index contributed by atoms with van der Waals surface area (Å²) in [5.41, 5.74) is 14.0. The molecule has 0 bridgehead atoms. The second-order valence-electron chi connectivity index (χ2n) is 12.9. The minimum absolute atomic E-state index is 0.989. The van der Waals surface area contributed by atoms with E-state index in [2.05, 4.69) is 180 Å². The van der Waals surface area contributed by atoms with Gasteiger partial charge in [0, 0.05) is 10.9 Å². The van der Waals surface area contributed by atoms with Crippen LogP contribution in [0.5, 0.6) is 0 Å². The maximum atomic E-state index is 4.88. The molecule has 0 aliphatic heterocycles. The lowest BCUT2D eigenvalue weighted by Crippen LogP contribution is -1.90. The van der Waals surface area contributed by atoms with Gasteiger partial charge in [-0.1, -0.05) is 121 Å². The molecule has 2 heterocycles. The number of benzene rings is 8. The molecule has 2 nitrogen and oxygen atoms in total. The Hall–Kier alpha value is -6.51. The maximum Gasteiger partial charge on any atom is 0.0871 e. The summed E-state index contributed by atoms with van der Waals surface area (Å²) in [4.78, 5) is 4.88. The summed E-state index contributed by atoms with van der Waals surface area (Å²) in [7, 11) is 0. The normalized spacial score (nSPS) is 11.7. The number of hydrogen-bond donors (Lipinski definition) is 0. The van der Waals surface area contributed by atoms with E-state index in [4.69, 9.17) is 4.98 Å². The van der Waals surface area contributed by atoms with Crippen molar-refractivity contribution in [2.24, 2.45) is 0 Å². The third-order valence-electron chi connectivity index (χ3n) is 9.94. The second-order valence-corrected chi connectivity index (χ2v) is 12.9.